The molecule has 0 amide bonds. The van der Waals surface area contributed by atoms with Crippen LogP contribution in [-0.2, 0) is 0 Å². The highest BCUT2D eigenvalue weighted by Gasteiger charge is 2.27. The summed E-state index contributed by atoms with van der Waals surface area (Å²) in [6.07, 6.45) is 0. The third kappa shape index (κ3) is 5.33. The zero-order valence-corrected chi connectivity index (χ0v) is 36.3. The monoisotopic (exact) mass is 844 g/mol. The van der Waals surface area contributed by atoms with Crippen molar-refractivity contribution in [3.8, 4) is 0 Å². The van der Waals surface area contributed by atoms with Gasteiger partial charge in [-0.05, 0) is 129 Å². The quantitative estimate of drug-likeness (QED) is 0.156. The van der Waals surface area contributed by atoms with E-state index in [1.807, 2.05) is 0 Å². The first-order valence-electron chi connectivity index (χ1n) is 22.7. The van der Waals surface area contributed by atoms with E-state index in [0.29, 0.717) is 0 Å². The zero-order chi connectivity index (χ0) is 43.6. The maximum absolute atomic E-state index is 6.93. The normalized spacial score (nSPS) is 12.1. The molecule has 0 aliphatic carbocycles. The molecule has 0 spiro atoms. The fourth-order valence-corrected chi connectivity index (χ4v) is 11.0. The van der Waals surface area contributed by atoms with E-state index in [-0.39, 0.29) is 0 Å². The molecule has 0 unspecified atom stereocenters. The van der Waals surface area contributed by atoms with Crippen LogP contribution in [0.4, 0.5) is 34.1 Å². The molecule has 0 bridgehead atoms. The van der Waals surface area contributed by atoms with E-state index in [9.17, 15) is 0 Å². The molecule has 0 atom stereocenters. The van der Waals surface area contributed by atoms with Crippen LogP contribution in [0.3, 0.4) is 0 Å². The summed E-state index contributed by atoms with van der Waals surface area (Å²) in [5.74, 6) is 0. The fourth-order valence-electron chi connectivity index (χ4n) is 11.0. The van der Waals surface area contributed by atoms with Crippen LogP contribution in [0, 0.1) is 13.8 Å². The Balaban J connectivity index is 1.07. The van der Waals surface area contributed by atoms with E-state index in [2.05, 4.69) is 230 Å². The predicted octanol–water partition coefficient (Wildman–Crippen LogP) is 18.2. The number of rotatable bonds is 6. The molecule has 0 aliphatic rings. The van der Waals surface area contributed by atoms with Gasteiger partial charge < -0.3 is 18.6 Å². The van der Waals surface area contributed by atoms with Gasteiger partial charge in [-0.3, -0.25) is 0 Å². The second-order valence-electron chi connectivity index (χ2n) is 17.8. The molecule has 2 heterocycles. The minimum atomic E-state index is 0.866. The van der Waals surface area contributed by atoms with Gasteiger partial charge in [-0.1, -0.05) is 146 Å². The van der Waals surface area contributed by atoms with Gasteiger partial charge in [0.2, 0.25) is 0 Å². The van der Waals surface area contributed by atoms with Crippen LogP contribution >= 0.6 is 0 Å². The third-order valence-corrected chi connectivity index (χ3v) is 13.8. The van der Waals surface area contributed by atoms with E-state index >= 15 is 0 Å². The Kier molecular flexibility index (Phi) is 7.79. The third-order valence-electron chi connectivity index (χ3n) is 13.8. The molecule has 0 saturated carbocycles. The standard InChI is InChI=1S/C62H40N2O2/c1-37-13-11-17-43(33-37)63(53-35-41-15-3-5-19-45(41)59-49-21-7-9-23-55(49)65-61(53)59)51-31-27-39-26-30-48-52(32-28-40-25-29-47(51)57(39)58(40)48)64(44-18-12-14-38(2)34-44)54-36-42-16-4-6-20-46(42)60-50-22-8-10-24-56(50)66-62(54)60/h3-36H,1-2H3. The zero-order valence-electron chi connectivity index (χ0n) is 36.3. The Hall–Kier alpha value is -8.60. The molecule has 0 fully saturated rings. The molecule has 14 aromatic rings. The highest BCUT2D eigenvalue weighted by molar-refractivity contribution is 6.30. The van der Waals surface area contributed by atoms with Crippen LogP contribution in [0.25, 0.3) is 97.7 Å². The number of hydrogen-bond acceptors (Lipinski definition) is 4. The molecule has 0 saturated heterocycles. The highest BCUT2D eigenvalue weighted by atomic mass is 16.3. The molecule has 0 aliphatic heterocycles. The fraction of sp³-hybridized carbons (Fsp3) is 0.0323. The Morgan fingerprint density at radius 3 is 1.15 bits per heavy atom. The molecule has 2 aromatic heterocycles. The van der Waals surface area contributed by atoms with Crippen LogP contribution in [0.1, 0.15) is 11.1 Å². The van der Waals surface area contributed by atoms with Crippen molar-refractivity contribution >= 4 is 132 Å². The molecule has 66 heavy (non-hydrogen) atoms. The number of anilines is 6. The van der Waals surface area contributed by atoms with Crippen LogP contribution in [0.2, 0.25) is 0 Å². The van der Waals surface area contributed by atoms with Gasteiger partial charge in [-0.25, -0.2) is 0 Å². The lowest BCUT2D eigenvalue weighted by molar-refractivity contribution is 0.669. The number of para-hydroxylation sites is 2. The van der Waals surface area contributed by atoms with Crippen LogP contribution in [-0.4, -0.2) is 0 Å². The van der Waals surface area contributed by atoms with E-state index in [1.165, 1.54) is 43.4 Å². The Morgan fingerprint density at radius 1 is 0.288 bits per heavy atom. The maximum Gasteiger partial charge on any atom is 0.160 e. The first kappa shape index (κ1) is 36.8. The van der Waals surface area contributed by atoms with Crippen molar-refractivity contribution in [3.63, 3.8) is 0 Å². The lowest BCUT2D eigenvalue weighted by Crippen LogP contribution is -2.12. The van der Waals surface area contributed by atoms with Crippen molar-refractivity contribution in [2.75, 3.05) is 9.80 Å². The van der Waals surface area contributed by atoms with Gasteiger partial charge in [0.15, 0.2) is 11.2 Å². The molecule has 14 rings (SSSR count). The second-order valence-corrected chi connectivity index (χ2v) is 17.8. The summed E-state index contributed by atoms with van der Waals surface area (Å²) in [5, 5.41) is 16.3. The molecule has 0 N–H and O–H groups in total. The predicted molar refractivity (Wildman–Crippen MR) is 279 cm³/mol. The number of hydrogen-bond donors (Lipinski definition) is 0. The van der Waals surface area contributed by atoms with Gasteiger partial charge >= 0.3 is 0 Å². The van der Waals surface area contributed by atoms with Crippen molar-refractivity contribution in [2.24, 2.45) is 0 Å². The Labute approximate surface area is 380 Å². The van der Waals surface area contributed by atoms with Crippen molar-refractivity contribution in [1.82, 2.24) is 0 Å². The first-order chi connectivity index (χ1) is 32.6. The van der Waals surface area contributed by atoms with Gasteiger partial charge in [0.05, 0.1) is 22.7 Å². The number of benzene rings is 12. The number of fused-ring (bicyclic) bond motifs is 10. The van der Waals surface area contributed by atoms with Gasteiger partial charge in [-0.15, -0.1) is 0 Å². The van der Waals surface area contributed by atoms with Gasteiger partial charge in [0.25, 0.3) is 0 Å². The topological polar surface area (TPSA) is 32.8 Å². The summed E-state index contributed by atoms with van der Waals surface area (Å²) in [7, 11) is 0. The van der Waals surface area contributed by atoms with E-state index in [4.69, 9.17) is 8.83 Å². The summed E-state index contributed by atoms with van der Waals surface area (Å²) in [6, 6.07) is 74.8. The van der Waals surface area contributed by atoms with Crippen LogP contribution < -0.4 is 9.80 Å². The van der Waals surface area contributed by atoms with E-state index < -0.39 is 0 Å². The molecule has 4 nitrogen and oxygen atoms in total. The maximum atomic E-state index is 6.93. The highest BCUT2D eigenvalue weighted by Crippen LogP contribution is 2.52. The smallest absolute Gasteiger partial charge is 0.160 e. The minimum absolute atomic E-state index is 0.866. The molecule has 12 aromatic carbocycles. The number of nitrogens with zero attached hydrogens (tertiary/aromatic N) is 2. The average Bonchev–Trinajstić information content (AvgIpc) is 3.95. The lowest BCUT2D eigenvalue weighted by Gasteiger charge is -2.30. The molecule has 0 radical (unpaired) electrons. The van der Waals surface area contributed by atoms with Gasteiger partial charge in [-0.2, -0.15) is 0 Å². The lowest BCUT2D eigenvalue weighted by atomic mass is 9.91. The van der Waals surface area contributed by atoms with Crippen molar-refractivity contribution in [2.45, 2.75) is 13.8 Å². The van der Waals surface area contributed by atoms with Crippen LogP contribution in [0.5, 0.6) is 0 Å². The van der Waals surface area contributed by atoms with Crippen LogP contribution in [0.15, 0.2) is 215 Å². The van der Waals surface area contributed by atoms with Crippen molar-refractivity contribution in [3.05, 3.63) is 217 Å². The average molecular weight is 845 g/mol. The summed E-state index contributed by atoms with van der Waals surface area (Å²) in [6.45, 7) is 4.33. The Morgan fingerprint density at radius 2 is 0.697 bits per heavy atom. The number of furan rings is 2. The SMILES string of the molecule is Cc1cccc(N(c2ccc3ccc4c(N(c5cccc(C)c5)c5cc6ccccc6c6c5oc5ccccc56)ccc5ccc2c3c54)c2cc3ccccc3c3c2oc2ccccc23)c1. The summed E-state index contributed by atoms with van der Waals surface area (Å²) in [5.41, 5.74) is 12.2. The van der Waals surface area contributed by atoms with E-state index in [0.717, 1.165) is 99.5 Å². The van der Waals surface area contributed by atoms with Crippen molar-refractivity contribution in [1.29, 1.82) is 0 Å². The van der Waals surface area contributed by atoms with E-state index in [1.54, 1.807) is 0 Å². The van der Waals surface area contributed by atoms with Gasteiger partial charge in [0.1, 0.15) is 11.2 Å². The largest absolute Gasteiger partial charge is 0.454 e. The molecule has 4 heteroatoms. The summed E-state index contributed by atoms with van der Waals surface area (Å²) >= 11 is 0. The second kappa shape index (κ2) is 13.9. The number of aryl methyl sites for hydroxylation is 2. The first-order valence-corrected chi connectivity index (χ1v) is 22.7. The molecular formula is C62H40N2O2. The molecule has 310 valence electrons. The van der Waals surface area contributed by atoms with Gasteiger partial charge in [0, 0.05) is 43.7 Å². The summed E-state index contributed by atoms with van der Waals surface area (Å²) in [4.78, 5) is 4.84. The Bertz CT molecular complexity index is 4010. The summed E-state index contributed by atoms with van der Waals surface area (Å²) < 4.78 is 13.9. The van der Waals surface area contributed by atoms with Crippen molar-refractivity contribution < 1.29 is 8.83 Å². The molecular weight excluding hydrogens is 805 g/mol. The minimum Gasteiger partial charge on any atom is -0.454 e.